The number of nitrogen functional groups attached to an aromatic ring is 1. The van der Waals surface area contributed by atoms with E-state index in [1.807, 2.05) is 172 Å². The molecule has 0 aliphatic carbocycles. The van der Waals surface area contributed by atoms with Gasteiger partial charge in [0.15, 0.2) is 0 Å². The average molecular weight is 1190 g/mol. The molecule has 0 saturated heterocycles. The molecule has 7 N–H and O–H groups in total. The zero-order valence-electron chi connectivity index (χ0n) is 51.2. The lowest BCUT2D eigenvalue weighted by atomic mass is 9.92. The van der Waals surface area contributed by atoms with Crippen LogP contribution in [0.5, 0.6) is 11.5 Å². The molecule has 88 heavy (non-hydrogen) atoms. The quantitative estimate of drug-likeness (QED) is 0.0391. The number of benzene rings is 6. The molecule has 0 aliphatic rings. The second-order valence-corrected chi connectivity index (χ2v) is 23.2. The van der Waals surface area contributed by atoms with Crippen LogP contribution in [0.25, 0.3) is 32.9 Å². The normalized spacial score (nSPS) is 11.4. The zero-order chi connectivity index (χ0) is 62.4. The van der Waals surface area contributed by atoms with Crippen molar-refractivity contribution in [3.8, 4) is 22.9 Å². The van der Waals surface area contributed by atoms with Crippen LogP contribution in [0.2, 0.25) is 0 Å². The Balaban J connectivity index is 0.000000213. The fourth-order valence-electron chi connectivity index (χ4n) is 9.38. The second kappa shape index (κ2) is 28.4. The molecule has 0 saturated carbocycles. The number of nitrogens with one attached hydrogen (secondary N) is 5. The molecular weight excluding hydrogens is 1110 g/mol. The van der Waals surface area contributed by atoms with Crippen LogP contribution in [0, 0.1) is 13.8 Å². The molecular formula is C69H76N12O7. The summed E-state index contributed by atoms with van der Waals surface area (Å²) in [6.07, 6.45) is 4.64. The van der Waals surface area contributed by atoms with Crippen LogP contribution in [-0.2, 0) is 37.9 Å². The summed E-state index contributed by atoms with van der Waals surface area (Å²) in [6.45, 7) is 18.2. The highest BCUT2D eigenvalue weighted by atomic mass is 16.5. The Morgan fingerprint density at radius 3 is 1.41 bits per heavy atom. The third-order valence-electron chi connectivity index (χ3n) is 14.2. The summed E-state index contributed by atoms with van der Waals surface area (Å²) in [7, 11) is 1.58. The molecule has 19 nitrogen and oxygen atoms in total. The average Bonchev–Trinajstić information content (AvgIpc) is 2.87. The van der Waals surface area contributed by atoms with E-state index in [-0.39, 0.29) is 35.4 Å². The molecule has 6 aromatic carbocycles. The zero-order valence-corrected chi connectivity index (χ0v) is 51.2. The number of aromatic nitrogens is 6. The van der Waals surface area contributed by atoms with E-state index in [9.17, 15) is 14.4 Å². The topological polar surface area (TPSA) is 236 Å². The Morgan fingerprint density at radius 2 is 0.955 bits per heavy atom. The minimum atomic E-state index is -0.385. The van der Waals surface area contributed by atoms with Crippen LogP contribution in [-0.4, -0.2) is 87.6 Å². The van der Waals surface area contributed by atoms with Crippen molar-refractivity contribution >= 4 is 74.2 Å². The lowest BCUT2D eigenvalue weighted by molar-refractivity contribution is -0.121. The number of carbonyl (C=O) groups excluding carboxylic acids is 3. The number of aryl methyl sites for hydroxylation is 2. The summed E-state index contributed by atoms with van der Waals surface area (Å²) in [5.41, 5.74) is 14.5. The van der Waals surface area contributed by atoms with E-state index in [1.54, 1.807) is 28.9 Å². The van der Waals surface area contributed by atoms with Crippen LogP contribution in [0.1, 0.15) is 75.2 Å². The molecule has 454 valence electrons. The number of amides is 5. The van der Waals surface area contributed by atoms with Crippen molar-refractivity contribution in [1.82, 2.24) is 29.5 Å². The molecule has 5 amide bonds. The number of pyridine rings is 2. The fourth-order valence-corrected chi connectivity index (χ4v) is 9.38. The number of hydrogen-bond acceptors (Lipinski definition) is 12. The maximum Gasteiger partial charge on any atom is 0.324 e. The summed E-state index contributed by atoms with van der Waals surface area (Å²) in [5, 5.41) is 27.9. The number of anilines is 6. The Hall–Kier alpha value is -10.1. The van der Waals surface area contributed by atoms with E-state index in [2.05, 4.69) is 78.1 Å². The van der Waals surface area contributed by atoms with Gasteiger partial charge >= 0.3 is 12.1 Å². The van der Waals surface area contributed by atoms with Gasteiger partial charge in [-0.2, -0.15) is 10.2 Å². The number of nitrogens with zero attached hydrogens (tertiary/aromatic N) is 6. The number of urea groups is 2. The highest BCUT2D eigenvalue weighted by molar-refractivity contribution is 6.08. The van der Waals surface area contributed by atoms with Crippen molar-refractivity contribution in [2.45, 2.75) is 79.1 Å². The second-order valence-electron chi connectivity index (χ2n) is 23.2. The summed E-state index contributed by atoms with van der Waals surface area (Å²) in [5.74, 6) is 3.26. The smallest absolute Gasteiger partial charge is 0.324 e. The Kier molecular flexibility index (Phi) is 20.1. The summed E-state index contributed by atoms with van der Waals surface area (Å²) < 4.78 is 26.0. The molecule has 4 heterocycles. The van der Waals surface area contributed by atoms with Gasteiger partial charge in [0.1, 0.15) is 41.4 Å². The van der Waals surface area contributed by atoms with Gasteiger partial charge in [0.2, 0.25) is 0 Å². The summed E-state index contributed by atoms with van der Waals surface area (Å²) in [6, 6.07) is 49.7. The van der Waals surface area contributed by atoms with Crippen molar-refractivity contribution in [2.75, 3.05) is 72.5 Å². The van der Waals surface area contributed by atoms with E-state index >= 15 is 0 Å². The van der Waals surface area contributed by atoms with E-state index in [1.165, 1.54) is 0 Å². The molecule has 0 radical (unpaired) electrons. The Labute approximate surface area is 513 Å². The number of hydrogen-bond donors (Lipinski definition) is 6. The number of methoxy groups -OCH3 is 1. The first kappa shape index (κ1) is 62.4. The van der Waals surface area contributed by atoms with Crippen LogP contribution >= 0.6 is 0 Å². The van der Waals surface area contributed by atoms with Gasteiger partial charge < -0.3 is 40.6 Å². The number of nitrogens with two attached hydrogens (primary N) is 1. The molecule has 19 heteroatoms. The van der Waals surface area contributed by atoms with E-state index < -0.39 is 0 Å². The molecule has 0 atom stereocenters. The lowest BCUT2D eigenvalue weighted by Crippen LogP contribution is -2.21. The van der Waals surface area contributed by atoms with Crippen LogP contribution in [0.3, 0.4) is 0 Å². The molecule has 0 unspecified atom stereocenters. The number of carbonyl (C=O) groups is 3. The van der Waals surface area contributed by atoms with Gasteiger partial charge in [-0.25, -0.2) is 28.9 Å². The van der Waals surface area contributed by atoms with Gasteiger partial charge in [-0.05, 0) is 97.8 Å². The maximum absolute atomic E-state index is 13.4. The van der Waals surface area contributed by atoms with Crippen molar-refractivity contribution in [3.63, 3.8) is 0 Å². The van der Waals surface area contributed by atoms with Crippen molar-refractivity contribution in [1.29, 1.82) is 0 Å². The SMILES string of the molecule is COCCOCC(=O)Nc1cc(CCOc2ccc(NC(=O)Nc3cc(C(C)(C)C)nn3-c3ccc(C)cc3)c3ccccc23)ccn1.Cc1ccc(-n2nc(C(C)(C)C)cc2NC(=O)Nc2ccc(OCCc3ccnc(N)c3)c3ccccc23)cc1. The number of fused-ring (bicyclic) bond motifs is 2. The fraction of sp³-hybridized carbons (Fsp3) is 0.261. The minimum Gasteiger partial charge on any atom is -0.493 e. The molecule has 10 aromatic rings. The summed E-state index contributed by atoms with van der Waals surface area (Å²) >= 11 is 0. The monoisotopic (exact) mass is 1180 g/mol. The Morgan fingerprint density at radius 1 is 0.500 bits per heavy atom. The molecule has 0 fully saturated rings. The van der Waals surface area contributed by atoms with E-state index in [0.29, 0.717) is 79.7 Å². The molecule has 4 aromatic heterocycles. The predicted molar refractivity (Wildman–Crippen MR) is 350 cm³/mol. The third kappa shape index (κ3) is 16.6. The first-order valence-corrected chi connectivity index (χ1v) is 29.1. The Bertz CT molecular complexity index is 4030. The van der Waals surface area contributed by atoms with Gasteiger partial charge in [-0.3, -0.25) is 15.4 Å². The van der Waals surface area contributed by atoms with Crippen LogP contribution < -0.4 is 41.8 Å². The van der Waals surface area contributed by atoms with Crippen molar-refractivity contribution in [2.24, 2.45) is 0 Å². The molecule has 0 spiro atoms. The predicted octanol–water partition coefficient (Wildman–Crippen LogP) is 13.8. The molecule has 0 aliphatic heterocycles. The third-order valence-corrected chi connectivity index (χ3v) is 14.2. The van der Waals surface area contributed by atoms with Crippen molar-refractivity contribution in [3.05, 3.63) is 204 Å². The molecule has 0 bridgehead atoms. The first-order valence-electron chi connectivity index (χ1n) is 29.1. The largest absolute Gasteiger partial charge is 0.493 e. The van der Waals surface area contributed by atoms with Crippen LogP contribution in [0.4, 0.5) is 44.2 Å². The van der Waals surface area contributed by atoms with Gasteiger partial charge in [-0.1, -0.05) is 125 Å². The van der Waals surface area contributed by atoms with Crippen molar-refractivity contribution < 1.29 is 33.3 Å². The standard InChI is InChI=1S/C37H42N6O5.C32H34N6O2/c1-25-10-12-27(13-11-25)43-34(23-32(42-43)37(2,3)4)41-36(45)39-30-14-15-31(29-9-7-6-8-28(29)30)48-19-17-26-16-18-38-33(22-26)40-35(44)24-47-21-20-46-5;1-21-9-11-23(12-10-21)38-30(20-28(37-38)32(2,3)4)36-31(39)35-26-13-14-27(25-8-6-5-7-24(25)26)40-18-16-22-15-17-34-29(33)19-22/h6-16,18,22-23H,17,19-21,24H2,1-5H3,(H,38,40,44)(H2,39,41,45);5-15,17,19-20H,16,18H2,1-4H3,(H2,33,34)(H2,35,36,39). The number of rotatable bonds is 20. The minimum absolute atomic E-state index is 0.0751. The van der Waals surface area contributed by atoms with Gasteiger partial charge in [0, 0.05) is 76.9 Å². The van der Waals surface area contributed by atoms with E-state index in [0.717, 1.165) is 72.3 Å². The van der Waals surface area contributed by atoms with Crippen LogP contribution in [0.15, 0.2) is 170 Å². The summed E-state index contributed by atoms with van der Waals surface area (Å²) in [4.78, 5) is 47.0. The number of ether oxygens (including phenoxy) is 4. The van der Waals surface area contributed by atoms with E-state index in [4.69, 9.17) is 34.9 Å². The lowest BCUT2D eigenvalue weighted by Gasteiger charge is -2.15. The maximum atomic E-state index is 13.4. The van der Waals surface area contributed by atoms with Gasteiger partial charge in [0.25, 0.3) is 5.91 Å². The van der Waals surface area contributed by atoms with Gasteiger partial charge in [-0.15, -0.1) is 0 Å². The first-order chi connectivity index (χ1) is 42.3. The van der Waals surface area contributed by atoms with Gasteiger partial charge in [0.05, 0.1) is 60.6 Å². The highest BCUT2D eigenvalue weighted by Crippen LogP contribution is 2.35. The highest BCUT2D eigenvalue weighted by Gasteiger charge is 2.24. The molecule has 10 rings (SSSR count).